The zero-order valence-electron chi connectivity index (χ0n) is 20.9. The van der Waals surface area contributed by atoms with Crippen LogP contribution in [0.15, 0.2) is 28.3 Å². The Labute approximate surface area is 215 Å². The average Bonchev–Trinajstić information content (AvgIpc) is 3.22. The van der Waals surface area contributed by atoms with Crippen LogP contribution in [0.5, 0.6) is 5.75 Å². The highest BCUT2D eigenvalue weighted by atomic mass is 19.1. The molecule has 0 saturated carbocycles. The lowest BCUT2D eigenvalue weighted by molar-refractivity contribution is -0.0655. The number of aromatic hydroxyl groups is 1. The van der Waals surface area contributed by atoms with Crippen molar-refractivity contribution < 1.29 is 32.7 Å². The van der Waals surface area contributed by atoms with E-state index in [1.54, 1.807) is 4.90 Å². The summed E-state index contributed by atoms with van der Waals surface area (Å²) in [6.07, 6.45) is 4.45. The third-order valence-corrected chi connectivity index (χ3v) is 7.68. The lowest BCUT2D eigenvalue weighted by atomic mass is 9.83. The number of oxime groups is 1. The Hall–Kier alpha value is -3.83. The summed E-state index contributed by atoms with van der Waals surface area (Å²) < 4.78 is 42.7. The van der Waals surface area contributed by atoms with E-state index in [2.05, 4.69) is 10.5 Å². The first kappa shape index (κ1) is 25.8. The highest BCUT2D eigenvalue weighted by molar-refractivity contribution is 5.99. The van der Waals surface area contributed by atoms with Gasteiger partial charge in [-0.2, -0.15) is 0 Å². The van der Waals surface area contributed by atoms with E-state index in [9.17, 15) is 32.7 Å². The Bertz CT molecular complexity index is 1400. The zero-order chi connectivity index (χ0) is 27.4. The normalized spacial score (nSPS) is 24.1. The molecule has 0 unspecified atom stereocenters. The van der Waals surface area contributed by atoms with Crippen molar-refractivity contribution >= 4 is 17.5 Å². The Morgan fingerprint density at radius 3 is 2.66 bits per heavy atom. The minimum absolute atomic E-state index is 0.185. The van der Waals surface area contributed by atoms with Crippen LogP contribution in [0, 0.1) is 17.5 Å². The van der Waals surface area contributed by atoms with Crippen LogP contribution in [-0.2, 0) is 11.4 Å². The van der Waals surface area contributed by atoms with Crippen LogP contribution in [0.3, 0.4) is 0 Å². The fraction of sp³-hybridized carbons (Fsp3) is 0.462. The number of fused-ring (bicyclic) bond motifs is 5. The van der Waals surface area contributed by atoms with Crippen LogP contribution in [0.2, 0.25) is 0 Å². The number of carbonyl (C=O) groups is 2. The molecule has 4 heterocycles. The van der Waals surface area contributed by atoms with E-state index in [0.29, 0.717) is 31.4 Å². The maximum absolute atomic E-state index is 14.0. The summed E-state index contributed by atoms with van der Waals surface area (Å²) in [5, 5.41) is 17.4. The smallest absolute Gasteiger partial charge is 0.274 e. The quantitative estimate of drug-likeness (QED) is 0.613. The molecule has 2 amide bonds. The van der Waals surface area contributed by atoms with E-state index < -0.39 is 69.8 Å². The van der Waals surface area contributed by atoms with Crippen molar-refractivity contribution in [1.29, 1.82) is 0 Å². The summed E-state index contributed by atoms with van der Waals surface area (Å²) in [7, 11) is 0. The molecule has 202 valence electrons. The standard InChI is InChI=1S/C26H27F3N4O5/c1-3-4-15-9-26(38-31-15)6-5-13(2)32-12-20(26)33-11-17(22(34)23(35)21(33)25(32)37)24(36)30-10-16-18(28)7-14(27)8-19(16)29/h7-8,11,13,20,35H,3-6,9-10,12H2,1-2H3,(H,30,36)/t13-,20+,26-/m0/s1. The number of hydrogen-bond donors (Lipinski definition) is 2. The number of aromatic nitrogens is 1. The van der Waals surface area contributed by atoms with Crippen molar-refractivity contribution in [2.24, 2.45) is 5.16 Å². The molecule has 0 radical (unpaired) electrons. The molecular formula is C26H27F3N4O5. The first-order valence-corrected chi connectivity index (χ1v) is 12.5. The van der Waals surface area contributed by atoms with Crippen molar-refractivity contribution in [1.82, 2.24) is 14.8 Å². The number of pyridine rings is 1. The van der Waals surface area contributed by atoms with Gasteiger partial charge in [-0.1, -0.05) is 18.5 Å². The second-order valence-electron chi connectivity index (χ2n) is 10.1. The summed E-state index contributed by atoms with van der Waals surface area (Å²) in [5.74, 6) is -5.98. The van der Waals surface area contributed by atoms with Gasteiger partial charge in [-0.3, -0.25) is 14.4 Å². The second kappa shape index (κ2) is 9.48. The summed E-state index contributed by atoms with van der Waals surface area (Å²) >= 11 is 0. The molecule has 2 N–H and O–H groups in total. The molecule has 1 fully saturated rings. The molecule has 3 aliphatic rings. The molecule has 2 bridgehead atoms. The van der Waals surface area contributed by atoms with Gasteiger partial charge in [0.05, 0.1) is 11.8 Å². The molecule has 1 aromatic carbocycles. The first-order chi connectivity index (χ1) is 18.1. The fourth-order valence-electron chi connectivity index (χ4n) is 5.61. The van der Waals surface area contributed by atoms with Gasteiger partial charge >= 0.3 is 0 Å². The van der Waals surface area contributed by atoms with Crippen LogP contribution >= 0.6 is 0 Å². The maximum Gasteiger partial charge on any atom is 0.274 e. The number of nitrogens with one attached hydrogen (secondary N) is 1. The lowest BCUT2D eigenvalue weighted by Crippen LogP contribution is -2.52. The van der Waals surface area contributed by atoms with Gasteiger partial charge in [0.15, 0.2) is 17.0 Å². The van der Waals surface area contributed by atoms with Gasteiger partial charge < -0.3 is 24.7 Å². The average molecular weight is 533 g/mol. The number of benzene rings is 1. The van der Waals surface area contributed by atoms with E-state index in [1.807, 2.05) is 13.8 Å². The van der Waals surface area contributed by atoms with Gasteiger partial charge in [0.1, 0.15) is 23.0 Å². The van der Waals surface area contributed by atoms with E-state index in [1.165, 1.54) is 10.8 Å². The van der Waals surface area contributed by atoms with Crippen LogP contribution in [0.4, 0.5) is 13.2 Å². The summed E-state index contributed by atoms with van der Waals surface area (Å²) in [6.45, 7) is 3.46. The number of rotatable bonds is 5. The minimum atomic E-state index is -1.20. The number of amides is 2. The lowest BCUT2D eigenvalue weighted by Gasteiger charge is -2.41. The SMILES string of the molecule is CCCC1=NO[C@@]2(CC[C@H](C)N3C[C@H]2n2cc(C(=O)NCc4c(F)cc(F)cc4F)c(=O)c(O)c2C3=O)C1. The second-order valence-corrected chi connectivity index (χ2v) is 10.1. The molecule has 1 spiro atoms. The van der Waals surface area contributed by atoms with Gasteiger partial charge in [-0.25, -0.2) is 13.2 Å². The minimum Gasteiger partial charge on any atom is -0.503 e. The molecule has 9 nitrogen and oxygen atoms in total. The third kappa shape index (κ3) is 4.11. The highest BCUT2D eigenvalue weighted by Crippen LogP contribution is 2.46. The Kier molecular flexibility index (Phi) is 6.44. The molecule has 5 rings (SSSR count). The van der Waals surface area contributed by atoms with E-state index in [4.69, 9.17) is 4.84 Å². The number of hydrogen-bond acceptors (Lipinski definition) is 6. The number of halogens is 3. The van der Waals surface area contributed by atoms with Crippen LogP contribution < -0.4 is 10.7 Å². The van der Waals surface area contributed by atoms with Crippen LogP contribution in [0.1, 0.15) is 78.4 Å². The Morgan fingerprint density at radius 2 is 1.97 bits per heavy atom. The predicted molar refractivity (Wildman–Crippen MR) is 129 cm³/mol. The Morgan fingerprint density at radius 1 is 1.26 bits per heavy atom. The molecule has 1 aromatic heterocycles. The van der Waals surface area contributed by atoms with Crippen LogP contribution in [-0.4, -0.2) is 50.3 Å². The molecule has 3 aliphatic heterocycles. The third-order valence-electron chi connectivity index (χ3n) is 7.68. The highest BCUT2D eigenvalue weighted by Gasteiger charge is 2.54. The van der Waals surface area contributed by atoms with Crippen molar-refractivity contribution in [2.75, 3.05) is 6.54 Å². The molecule has 2 aromatic rings. The van der Waals surface area contributed by atoms with E-state index >= 15 is 0 Å². The number of carbonyl (C=O) groups excluding carboxylic acids is 2. The monoisotopic (exact) mass is 532 g/mol. The van der Waals surface area contributed by atoms with Crippen molar-refractivity contribution in [3.05, 3.63) is 62.8 Å². The van der Waals surface area contributed by atoms with Crippen LogP contribution in [0.25, 0.3) is 0 Å². The largest absolute Gasteiger partial charge is 0.503 e. The molecule has 0 aliphatic carbocycles. The molecule has 3 atom stereocenters. The maximum atomic E-state index is 14.0. The van der Waals surface area contributed by atoms with Gasteiger partial charge in [0.2, 0.25) is 5.43 Å². The number of nitrogens with zero attached hydrogens (tertiary/aromatic N) is 3. The van der Waals surface area contributed by atoms with Gasteiger partial charge in [-0.05, 0) is 26.2 Å². The van der Waals surface area contributed by atoms with Crippen molar-refractivity contribution in [3.8, 4) is 5.75 Å². The summed E-state index contributed by atoms with van der Waals surface area (Å²) in [4.78, 5) is 47.0. The summed E-state index contributed by atoms with van der Waals surface area (Å²) in [5.41, 5.74) is -2.43. The zero-order valence-corrected chi connectivity index (χ0v) is 20.9. The molecule has 12 heteroatoms. The Balaban J connectivity index is 1.54. The van der Waals surface area contributed by atoms with E-state index in [-0.39, 0.29) is 18.3 Å². The molecule has 38 heavy (non-hydrogen) atoms. The predicted octanol–water partition coefficient (Wildman–Crippen LogP) is 3.40. The topological polar surface area (TPSA) is 113 Å². The van der Waals surface area contributed by atoms with Gasteiger partial charge in [0, 0.05) is 49.4 Å². The van der Waals surface area contributed by atoms with Crippen molar-refractivity contribution in [2.45, 2.75) is 70.2 Å². The molecule has 1 saturated heterocycles. The fourth-order valence-corrected chi connectivity index (χ4v) is 5.61. The first-order valence-electron chi connectivity index (χ1n) is 12.5. The van der Waals surface area contributed by atoms with Gasteiger partial charge in [0.25, 0.3) is 11.8 Å². The van der Waals surface area contributed by atoms with E-state index in [0.717, 1.165) is 18.6 Å². The van der Waals surface area contributed by atoms with Crippen molar-refractivity contribution in [3.63, 3.8) is 0 Å². The summed E-state index contributed by atoms with van der Waals surface area (Å²) in [6, 6.07) is 0.202. The van der Waals surface area contributed by atoms with Gasteiger partial charge in [-0.15, -0.1) is 0 Å². The molecular weight excluding hydrogens is 505 g/mol.